The van der Waals surface area contributed by atoms with Crippen molar-refractivity contribution in [2.75, 3.05) is 0 Å². The Bertz CT molecular complexity index is 79.0. The molecule has 0 aliphatic rings. The van der Waals surface area contributed by atoms with Gasteiger partial charge in [-0.05, 0) is 27.7 Å². The van der Waals surface area contributed by atoms with Gasteiger partial charge in [0.05, 0.1) is 0 Å². The molecule has 0 bridgehead atoms. The first-order chi connectivity index (χ1) is 3.56. The Morgan fingerprint density at radius 2 is 1.88 bits per heavy atom. The first-order valence-corrected chi connectivity index (χ1v) is 2.81. The molecule has 0 atom stereocenters. The topological polar surface area (TPSA) is 24.4 Å². The molecule has 8 heavy (non-hydrogen) atoms. The minimum atomic E-state index is 0.104. The molecule has 2 heteroatoms. The molecule has 0 aliphatic carbocycles. The summed E-state index contributed by atoms with van der Waals surface area (Å²) in [5.74, 6) is 0. The zero-order chi connectivity index (χ0) is 6.62. The van der Waals surface area contributed by atoms with Crippen molar-refractivity contribution >= 4 is 6.21 Å². The highest BCUT2D eigenvalue weighted by atomic mass is 15.3. The van der Waals surface area contributed by atoms with Gasteiger partial charge >= 0.3 is 0 Å². The molecule has 0 aromatic heterocycles. The number of hydrogen-bond acceptors (Lipinski definition) is 2. The second-order valence-electron chi connectivity index (χ2n) is 2.75. The van der Waals surface area contributed by atoms with Gasteiger partial charge in [0.15, 0.2) is 0 Å². The summed E-state index contributed by atoms with van der Waals surface area (Å²) in [5.41, 5.74) is 3.04. The molecule has 0 spiro atoms. The minimum Gasteiger partial charge on any atom is -0.305 e. The van der Waals surface area contributed by atoms with Crippen LogP contribution in [0.15, 0.2) is 5.10 Å². The first-order valence-electron chi connectivity index (χ1n) is 2.81. The lowest BCUT2D eigenvalue weighted by Crippen LogP contribution is -2.31. The average Bonchev–Trinajstić information content (AvgIpc) is 1.59. The molecule has 1 N–H and O–H groups in total. The van der Waals surface area contributed by atoms with Crippen LogP contribution in [-0.2, 0) is 0 Å². The Hall–Kier alpha value is -0.530. The molecule has 0 radical (unpaired) electrons. The van der Waals surface area contributed by atoms with Gasteiger partial charge in [-0.1, -0.05) is 0 Å². The third kappa shape index (κ3) is 5.47. The van der Waals surface area contributed by atoms with Crippen LogP contribution < -0.4 is 5.43 Å². The Morgan fingerprint density at radius 1 is 1.38 bits per heavy atom. The Kier molecular flexibility index (Phi) is 2.52. The monoisotopic (exact) mass is 114 g/mol. The van der Waals surface area contributed by atoms with E-state index in [4.69, 9.17) is 0 Å². The van der Waals surface area contributed by atoms with Gasteiger partial charge in [-0.2, -0.15) is 5.10 Å². The third-order valence-corrected chi connectivity index (χ3v) is 0.529. The van der Waals surface area contributed by atoms with Crippen LogP contribution in [0.1, 0.15) is 27.7 Å². The Morgan fingerprint density at radius 3 is 2.00 bits per heavy atom. The number of hydrogen-bond donors (Lipinski definition) is 1. The summed E-state index contributed by atoms with van der Waals surface area (Å²) < 4.78 is 0. The van der Waals surface area contributed by atoms with E-state index in [9.17, 15) is 0 Å². The Labute approximate surface area is 51.0 Å². The molecule has 0 amide bonds. The predicted molar refractivity (Wildman–Crippen MR) is 37.1 cm³/mol. The molecule has 0 fully saturated rings. The van der Waals surface area contributed by atoms with Gasteiger partial charge < -0.3 is 5.43 Å². The van der Waals surface area contributed by atoms with Crippen molar-refractivity contribution < 1.29 is 0 Å². The van der Waals surface area contributed by atoms with E-state index in [2.05, 4.69) is 31.3 Å². The minimum absolute atomic E-state index is 0.104. The zero-order valence-corrected chi connectivity index (χ0v) is 6.02. The highest BCUT2D eigenvalue weighted by Crippen LogP contribution is 1.96. The fourth-order valence-electron chi connectivity index (χ4n) is 0.258. The van der Waals surface area contributed by atoms with Gasteiger partial charge in [0, 0.05) is 11.8 Å². The van der Waals surface area contributed by atoms with Crippen LogP contribution >= 0.6 is 0 Å². The van der Waals surface area contributed by atoms with Gasteiger partial charge in [0.1, 0.15) is 0 Å². The predicted octanol–water partition coefficient (Wildman–Crippen LogP) is 1.38. The van der Waals surface area contributed by atoms with E-state index in [0.29, 0.717) is 0 Å². The standard InChI is InChI=1S/C6H14N2/c1-5-7-8-6(2,3)4/h5,8H,1-4H3/b7-5+. The van der Waals surface area contributed by atoms with Gasteiger partial charge in [-0.25, -0.2) is 0 Å². The quantitative estimate of drug-likeness (QED) is 0.404. The SMILES string of the molecule is C/C=N/NC(C)(C)C. The van der Waals surface area contributed by atoms with Crippen molar-refractivity contribution in [1.29, 1.82) is 0 Å². The number of nitrogens with zero attached hydrogens (tertiary/aromatic N) is 1. The van der Waals surface area contributed by atoms with Gasteiger partial charge in [0.2, 0.25) is 0 Å². The largest absolute Gasteiger partial charge is 0.305 e. The molecule has 0 aromatic rings. The number of rotatable bonds is 1. The smallest absolute Gasteiger partial charge is 0.0464 e. The molecular weight excluding hydrogens is 100 g/mol. The molecule has 0 rings (SSSR count). The van der Waals surface area contributed by atoms with Crippen molar-refractivity contribution in [1.82, 2.24) is 5.43 Å². The molecule has 48 valence electrons. The highest BCUT2D eigenvalue weighted by Gasteiger charge is 2.04. The van der Waals surface area contributed by atoms with E-state index in [-0.39, 0.29) is 5.54 Å². The van der Waals surface area contributed by atoms with Crippen molar-refractivity contribution in [2.24, 2.45) is 5.10 Å². The normalized spacial score (nSPS) is 12.5. The molecule has 2 nitrogen and oxygen atoms in total. The van der Waals surface area contributed by atoms with Crippen LogP contribution in [-0.4, -0.2) is 11.8 Å². The maximum atomic E-state index is 3.87. The summed E-state index contributed by atoms with van der Waals surface area (Å²) >= 11 is 0. The van der Waals surface area contributed by atoms with E-state index in [1.54, 1.807) is 6.21 Å². The molecule has 0 aliphatic heterocycles. The second kappa shape index (κ2) is 2.70. The van der Waals surface area contributed by atoms with E-state index in [0.717, 1.165) is 0 Å². The Balaban J connectivity index is 3.39. The van der Waals surface area contributed by atoms with Crippen LogP contribution in [0.4, 0.5) is 0 Å². The van der Waals surface area contributed by atoms with Gasteiger partial charge in [-0.3, -0.25) is 0 Å². The summed E-state index contributed by atoms with van der Waals surface area (Å²) in [5, 5.41) is 3.87. The van der Waals surface area contributed by atoms with Crippen LogP contribution in [0.3, 0.4) is 0 Å². The zero-order valence-electron chi connectivity index (χ0n) is 6.02. The summed E-state index contributed by atoms with van der Waals surface area (Å²) in [6, 6.07) is 0. The molecule has 0 heterocycles. The second-order valence-corrected chi connectivity index (χ2v) is 2.75. The van der Waals surface area contributed by atoms with Gasteiger partial charge in [-0.15, -0.1) is 0 Å². The maximum Gasteiger partial charge on any atom is 0.0464 e. The first kappa shape index (κ1) is 7.47. The lowest BCUT2D eigenvalue weighted by atomic mass is 10.1. The molecular formula is C6H14N2. The van der Waals surface area contributed by atoms with Crippen LogP contribution in [0.25, 0.3) is 0 Å². The fourth-order valence-corrected chi connectivity index (χ4v) is 0.258. The van der Waals surface area contributed by atoms with Crippen molar-refractivity contribution in [2.45, 2.75) is 33.2 Å². The molecule has 0 unspecified atom stereocenters. The fraction of sp³-hybridized carbons (Fsp3) is 0.833. The maximum absolute atomic E-state index is 3.87. The molecule has 0 aromatic carbocycles. The van der Waals surface area contributed by atoms with E-state index < -0.39 is 0 Å². The number of nitrogens with one attached hydrogen (secondary N) is 1. The van der Waals surface area contributed by atoms with Crippen LogP contribution in [0.2, 0.25) is 0 Å². The molecule has 0 saturated heterocycles. The summed E-state index contributed by atoms with van der Waals surface area (Å²) in [4.78, 5) is 0. The van der Waals surface area contributed by atoms with Crippen molar-refractivity contribution in [3.05, 3.63) is 0 Å². The lowest BCUT2D eigenvalue weighted by Gasteiger charge is -2.16. The number of hydrazone groups is 1. The average molecular weight is 114 g/mol. The van der Waals surface area contributed by atoms with Crippen LogP contribution in [0, 0.1) is 0 Å². The van der Waals surface area contributed by atoms with E-state index in [1.807, 2.05) is 6.92 Å². The third-order valence-electron chi connectivity index (χ3n) is 0.529. The summed E-state index contributed by atoms with van der Waals surface area (Å²) in [6.45, 7) is 8.10. The summed E-state index contributed by atoms with van der Waals surface area (Å²) in [7, 11) is 0. The van der Waals surface area contributed by atoms with Crippen LogP contribution in [0.5, 0.6) is 0 Å². The van der Waals surface area contributed by atoms with E-state index in [1.165, 1.54) is 0 Å². The van der Waals surface area contributed by atoms with E-state index >= 15 is 0 Å². The van der Waals surface area contributed by atoms with Gasteiger partial charge in [0.25, 0.3) is 0 Å². The summed E-state index contributed by atoms with van der Waals surface area (Å²) in [6.07, 6.45) is 1.74. The lowest BCUT2D eigenvalue weighted by molar-refractivity contribution is 0.442. The highest BCUT2D eigenvalue weighted by molar-refractivity contribution is 5.52. The van der Waals surface area contributed by atoms with Crippen molar-refractivity contribution in [3.8, 4) is 0 Å². The van der Waals surface area contributed by atoms with Crippen molar-refractivity contribution in [3.63, 3.8) is 0 Å². The molecule has 0 saturated carbocycles.